The van der Waals surface area contributed by atoms with E-state index in [2.05, 4.69) is 13.8 Å². The lowest BCUT2D eigenvalue weighted by atomic mass is 9.41. The van der Waals surface area contributed by atoms with Crippen LogP contribution in [-0.2, 0) is 0 Å². The molecule has 0 aromatic heterocycles. The van der Waals surface area contributed by atoms with E-state index < -0.39 is 23.1 Å². The summed E-state index contributed by atoms with van der Waals surface area (Å²) in [4.78, 5) is 0. The normalized spacial score (nSPS) is 40.7. The van der Waals surface area contributed by atoms with Crippen LogP contribution in [0.1, 0.15) is 40.0 Å². The van der Waals surface area contributed by atoms with Crippen molar-refractivity contribution in [1.29, 1.82) is 0 Å². The Morgan fingerprint density at radius 1 is 1.17 bits per heavy atom. The van der Waals surface area contributed by atoms with Crippen LogP contribution in [0.5, 0.6) is 0 Å². The smallest absolute Gasteiger partial charge is 0.425 e. The second-order valence-electron chi connectivity index (χ2n) is 6.04. The lowest BCUT2D eigenvalue weighted by molar-refractivity contribution is -0.312. The molecule has 3 fully saturated rings. The van der Waals surface area contributed by atoms with Crippen molar-refractivity contribution in [3.05, 3.63) is 0 Å². The highest BCUT2D eigenvalue weighted by Gasteiger charge is 2.69. The van der Waals surface area contributed by atoms with Crippen molar-refractivity contribution < 1.29 is 20.3 Å². The third-order valence-corrected chi connectivity index (χ3v) is 5.18. The van der Waals surface area contributed by atoms with Crippen LogP contribution in [0.3, 0.4) is 0 Å². The molecule has 3 aliphatic rings. The van der Waals surface area contributed by atoms with E-state index in [9.17, 15) is 10.2 Å². The molecule has 0 aromatic rings. The molecule has 2 bridgehead atoms. The third-order valence-electron chi connectivity index (χ3n) is 4.72. The van der Waals surface area contributed by atoms with Gasteiger partial charge in [0.15, 0.2) is 0 Å². The molecule has 7 heteroatoms. The van der Waals surface area contributed by atoms with E-state index in [0.29, 0.717) is 5.92 Å². The zero-order chi connectivity index (χ0) is 14.4. The second kappa shape index (κ2) is 5.11. The molecule has 3 rings (SSSR count). The van der Waals surface area contributed by atoms with E-state index in [0.717, 1.165) is 19.3 Å². The van der Waals surface area contributed by atoms with Crippen molar-refractivity contribution in [3.63, 3.8) is 0 Å². The predicted octanol–water partition coefficient (Wildman–Crippen LogP) is 1.11. The summed E-state index contributed by atoms with van der Waals surface area (Å²) in [6.07, 6.45) is 2.59. The van der Waals surface area contributed by atoms with Crippen LogP contribution in [-0.4, -0.2) is 43.3 Å². The van der Waals surface area contributed by atoms with Gasteiger partial charge in [0.05, 0.1) is 11.2 Å². The lowest BCUT2D eigenvalue weighted by Crippen LogP contribution is -2.74. The largest absolute Gasteiger partial charge is 0.486 e. The Balaban J connectivity index is 0.000000232. The zero-order valence-corrected chi connectivity index (χ0v) is 12.4. The minimum absolute atomic E-state index is 0.0885. The van der Waals surface area contributed by atoms with Gasteiger partial charge in [-0.2, -0.15) is 0 Å². The summed E-state index contributed by atoms with van der Waals surface area (Å²) in [5.74, 6) is 0.614. The molecule has 3 saturated carbocycles. The number of alkyl halides is 2. The van der Waals surface area contributed by atoms with E-state index >= 15 is 0 Å². The third kappa shape index (κ3) is 2.54. The van der Waals surface area contributed by atoms with E-state index in [1.54, 1.807) is 6.92 Å². The maximum atomic E-state index is 10.2. The number of halogens is 2. The highest BCUT2D eigenvalue weighted by Crippen LogP contribution is 2.65. The van der Waals surface area contributed by atoms with Crippen LogP contribution < -0.4 is 0 Å². The Bertz CT molecular complexity index is 293. The first-order valence-electron chi connectivity index (χ1n) is 6.05. The average Bonchev–Trinajstić information content (AvgIpc) is 2.22. The van der Waals surface area contributed by atoms with Gasteiger partial charge in [0.2, 0.25) is 0 Å². The first-order valence-corrected chi connectivity index (χ1v) is 6.92. The first kappa shape index (κ1) is 16.5. The fourth-order valence-electron chi connectivity index (χ4n) is 3.12. The first-order chi connectivity index (χ1) is 7.96. The van der Waals surface area contributed by atoms with E-state index in [1.807, 2.05) is 0 Å². The molecule has 18 heavy (non-hydrogen) atoms. The number of rotatable bonds is 1. The standard InChI is InChI=1S/C10H18O2.CH3BCl2O2/c1-8(2)7-4-5-9(3,11)10(8,12)6-7;3-1(4)2(5)6/h7,11-12H,4-6H2,1-3H3;1,5-6H/t7?,9?,10-;/m0./s1. The molecule has 0 aliphatic heterocycles. The van der Waals surface area contributed by atoms with E-state index in [1.165, 1.54) is 0 Å². The van der Waals surface area contributed by atoms with Crippen molar-refractivity contribution in [2.24, 2.45) is 11.3 Å². The Labute approximate surface area is 118 Å². The molecule has 3 atom stereocenters. The topological polar surface area (TPSA) is 80.9 Å². The van der Waals surface area contributed by atoms with Crippen LogP contribution in [0.4, 0.5) is 0 Å². The van der Waals surface area contributed by atoms with Gasteiger partial charge in [-0.25, -0.2) is 0 Å². The molecule has 2 unspecified atom stereocenters. The fraction of sp³-hybridized carbons (Fsp3) is 1.00. The molecule has 4 nitrogen and oxygen atoms in total. The van der Waals surface area contributed by atoms with Crippen LogP contribution in [0.15, 0.2) is 0 Å². The van der Waals surface area contributed by atoms with Crippen LogP contribution in [0.25, 0.3) is 0 Å². The Hall–Kier alpha value is 0.485. The summed E-state index contributed by atoms with van der Waals surface area (Å²) in [7, 11) is -1.62. The maximum Gasteiger partial charge on any atom is 0.486 e. The van der Waals surface area contributed by atoms with Gasteiger partial charge in [-0.05, 0) is 37.5 Å². The molecule has 0 radical (unpaired) electrons. The van der Waals surface area contributed by atoms with E-state index in [4.69, 9.17) is 33.2 Å². The predicted molar refractivity (Wildman–Crippen MR) is 72.4 cm³/mol. The minimum atomic E-state index is -1.62. The van der Waals surface area contributed by atoms with Gasteiger partial charge >= 0.3 is 7.12 Å². The van der Waals surface area contributed by atoms with Gasteiger partial charge in [-0.1, -0.05) is 13.8 Å². The van der Waals surface area contributed by atoms with Crippen molar-refractivity contribution in [1.82, 2.24) is 0 Å². The lowest BCUT2D eigenvalue weighted by Gasteiger charge is -2.68. The van der Waals surface area contributed by atoms with Gasteiger partial charge in [0.25, 0.3) is 0 Å². The van der Waals surface area contributed by atoms with Crippen LogP contribution >= 0.6 is 23.2 Å². The van der Waals surface area contributed by atoms with Crippen LogP contribution in [0, 0.1) is 11.3 Å². The number of hydrogen-bond donors (Lipinski definition) is 4. The van der Waals surface area contributed by atoms with Gasteiger partial charge < -0.3 is 20.3 Å². The molecule has 0 amide bonds. The molecule has 4 N–H and O–H groups in total. The zero-order valence-electron chi connectivity index (χ0n) is 10.9. The van der Waals surface area contributed by atoms with Gasteiger partial charge in [0, 0.05) is 0 Å². The Kier molecular flexibility index (Phi) is 4.70. The molecule has 3 aliphatic carbocycles. The number of hydrogen-bond acceptors (Lipinski definition) is 4. The molecule has 0 spiro atoms. The summed E-state index contributed by atoms with van der Waals surface area (Å²) < 4.78 is -1.09. The summed E-state index contributed by atoms with van der Waals surface area (Å²) in [6.45, 7) is 5.90. The minimum Gasteiger partial charge on any atom is -0.425 e. The highest BCUT2D eigenvalue weighted by atomic mass is 35.5. The van der Waals surface area contributed by atoms with Gasteiger partial charge in [0.1, 0.15) is 4.74 Å². The van der Waals surface area contributed by atoms with Crippen LogP contribution in [0.2, 0.25) is 0 Å². The summed E-state index contributed by atoms with van der Waals surface area (Å²) >= 11 is 9.76. The van der Waals surface area contributed by atoms with Gasteiger partial charge in [-0.15, -0.1) is 23.2 Å². The molecular weight excluding hydrogens is 278 g/mol. The Morgan fingerprint density at radius 2 is 1.61 bits per heavy atom. The summed E-state index contributed by atoms with van der Waals surface area (Å²) in [6, 6.07) is 0. The summed E-state index contributed by atoms with van der Waals surface area (Å²) in [5.41, 5.74) is -1.79. The van der Waals surface area contributed by atoms with Crippen molar-refractivity contribution >= 4 is 30.3 Å². The summed E-state index contributed by atoms with van der Waals surface area (Å²) in [5, 5.41) is 36.1. The second-order valence-corrected chi connectivity index (χ2v) is 7.21. The highest BCUT2D eigenvalue weighted by molar-refractivity contribution is 6.71. The molecule has 0 aromatic carbocycles. The van der Waals surface area contributed by atoms with E-state index in [-0.39, 0.29) is 5.41 Å². The monoisotopic (exact) mass is 298 g/mol. The maximum absolute atomic E-state index is 10.2. The molecule has 0 saturated heterocycles. The fourth-order valence-corrected chi connectivity index (χ4v) is 3.12. The average molecular weight is 299 g/mol. The van der Waals surface area contributed by atoms with Crippen molar-refractivity contribution in [2.75, 3.05) is 0 Å². The molecular formula is C11H21BCl2O4. The number of fused-ring (bicyclic) bond motifs is 2. The quantitative estimate of drug-likeness (QED) is 0.432. The SMILES string of the molecule is CC1(O)CCC2C[C@]1(O)C2(C)C.OB(O)C(Cl)Cl. The van der Waals surface area contributed by atoms with Crippen molar-refractivity contribution in [2.45, 2.75) is 56.0 Å². The molecule has 106 valence electrons. The Morgan fingerprint density at radius 3 is 1.83 bits per heavy atom. The molecule has 0 heterocycles. The van der Waals surface area contributed by atoms with Gasteiger partial charge in [-0.3, -0.25) is 0 Å². The van der Waals surface area contributed by atoms with Crippen molar-refractivity contribution in [3.8, 4) is 0 Å². The number of aliphatic hydroxyl groups is 2.